The van der Waals surface area contributed by atoms with Gasteiger partial charge >= 0.3 is 0 Å². The normalized spacial score (nSPS) is 10.2. The fraction of sp³-hybridized carbons (Fsp3) is 0.0909. The van der Waals surface area contributed by atoms with Crippen LogP contribution < -0.4 is 4.74 Å². The summed E-state index contributed by atoms with van der Waals surface area (Å²) in [7, 11) is 0. The van der Waals surface area contributed by atoms with Crippen molar-refractivity contribution in [3.05, 3.63) is 47.9 Å². The van der Waals surface area contributed by atoms with Gasteiger partial charge in [0.1, 0.15) is 17.9 Å². The van der Waals surface area contributed by atoms with Gasteiger partial charge in [0.2, 0.25) is 11.8 Å². The third-order valence-electron chi connectivity index (χ3n) is 1.96. The molecule has 1 heterocycles. The molecule has 82 valence electrons. The zero-order valence-electron chi connectivity index (χ0n) is 8.45. The molecule has 0 radical (unpaired) electrons. The van der Waals surface area contributed by atoms with E-state index in [0.717, 1.165) is 12.4 Å². The Hall–Kier alpha value is -2.04. The van der Waals surface area contributed by atoms with E-state index in [1.165, 1.54) is 18.2 Å². The van der Waals surface area contributed by atoms with Gasteiger partial charge in [0.05, 0.1) is 6.07 Å². The molecule has 2 rings (SSSR count). The van der Waals surface area contributed by atoms with Crippen LogP contribution in [0.3, 0.4) is 0 Å². The van der Waals surface area contributed by atoms with Crippen LogP contribution in [-0.4, -0.2) is 9.97 Å². The second-order valence-electron chi connectivity index (χ2n) is 3.19. The molecular formula is C11H8F2N2O. The van der Waals surface area contributed by atoms with Crippen LogP contribution in [0.15, 0.2) is 30.6 Å². The molecule has 0 aliphatic heterocycles. The fourth-order valence-corrected chi connectivity index (χ4v) is 1.17. The number of ether oxygens (including phenoxy) is 1. The molecule has 0 bridgehead atoms. The average Bonchev–Trinajstić information content (AvgIpc) is 2.24. The van der Waals surface area contributed by atoms with E-state index in [4.69, 9.17) is 4.74 Å². The minimum atomic E-state index is -0.677. The van der Waals surface area contributed by atoms with Gasteiger partial charge in [-0.25, -0.2) is 14.4 Å². The van der Waals surface area contributed by atoms with Gasteiger partial charge in [0.15, 0.2) is 0 Å². The summed E-state index contributed by atoms with van der Waals surface area (Å²) in [6, 6.07) is 5.29. The minimum Gasteiger partial charge on any atom is -0.439 e. The van der Waals surface area contributed by atoms with Crippen LogP contribution in [0.2, 0.25) is 0 Å². The Kier molecular flexibility index (Phi) is 2.76. The Balaban J connectivity index is 2.24. The molecule has 0 aliphatic carbocycles. The Bertz CT molecular complexity index is 517. The predicted octanol–water partition coefficient (Wildman–Crippen LogP) is 2.86. The predicted molar refractivity (Wildman–Crippen MR) is 53.2 cm³/mol. The lowest BCUT2D eigenvalue weighted by molar-refractivity contribution is 0.448. The highest BCUT2D eigenvalue weighted by Gasteiger charge is 2.03. The summed E-state index contributed by atoms with van der Waals surface area (Å²) >= 11 is 0. The molecule has 0 saturated heterocycles. The summed E-state index contributed by atoms with van der Waals surface area (Å²) in [4.78, 5) is 7.02. The molecule has 5 heteroatoms. The SMILES string of the molecule is Cc1cc(Oc2cc(F)ncn2)ccc1F. The van der Waals surface area contributed by atoms with Crippen molar-refractivity contribution in [3.8, 4) is 11.6 Å². The molecule has 0 amide bonds. The number of aromatic nitrogens is 2. The van der Waals surface area contributed by atoms with Gasteiger partial charge in [-0.1, -0.05) is 0 Å². The highest BCUT2D eigenvalue weighted by atomic mass is 19.1. The van der Waals surface area contributed by atoms with E-state index < -0.39 is 5.95 Å². The van der Waals surface area contributed by atoms with Crippen molar-refractivity contribution in [1.29, 1.82) is 0 Å². The van der Waals surface area contributed by atoms with E-state index >= 15 is 0 Å². The number of rotatable bonds is 2. The van der Waals surface area contributed by atoms with Crippen LogP contribution in [0.5, 0.6) is 11.6 Å². The first-order chi connectivity index (χ1) is 7.65. The molecule has 0 N–H and O–H groups in total. The van der Waals surface area contributed by atoms with Gasteiger partial charge in [-0.05, 0) is 30.7 Å². The molecule has 0 unspecified atom stereocenters. The highest BCUT2D eigenvalue weighted by molar-refractivity contribution is 5.31. The first-order valence-electron chi connectivity index (χ1n) is 4.57. The number of hydrogen-bond donors (Lipinski definition) is 0. The van der Waals surface area contributed by atoms with Crippen molar-refractivity contribution >= 4 is 0 Å². The highest BCUT2D eigenvalue weighted by Crippen LogP contribution is 2.21. The topological polar surface area (TPSA) is 35.0 Å². The lowest BCUT2D eigenvalue weighted by atomic mass is 10.2. The third kappa shape index (κ3) is 2.31. The monoisotopic (exact) mass is 222 g/mol. The summed E-state index contributed by atoms with van der Waals surface area (Å²) in [6.45, 7) is 1.61. The lowest BCUT2D eigenvalue weighted by Crippen LogP contribution is -1.92. The Morgan fingerprint density at radius 2 is 1.94 bits per heavy atom. The van der Waals surface area contributed by atoms with Crippen molar-refractivity contribution in [3.63, 3.8) is 0 Å². The zero-order valence-corrected chi connectivity index (χ0v) is 8.45. The van der Waals surface area contributed by atoms with Crippen molar-refractivity contribution in [2.75, 3.05) is 0 Å². The van der Waals surface area contributed by atoms with Gasteiger partial charge in [-0.2, -0.15) is 4.39 Å². The molecule has 0 aliphatic rings. The quantitative estimate of drug-likeness (QED) is 0.733. The number of hydrogen-bond acceptors (Lipinski definition) is 3. The van der Waals surface area contributed by atoms with Crippen molar-refractivity contribution in [1.82, 2.24) is 9.97 Å². The fourth-order valence-electron chi connectivity index (χ4n) is 1.17. The molecule has 2 aromatic rings. The zero-order chi connectivity index (χ0) is 11.5. The molecule has 1 aromatic heterocycles. The minimum absolute atomic E-state index is 0.0820. The first kappa shape index (κ1) is 10.5. The Labute approximate surface area is 90.7 Å². The summed E-state index contributed by atoms with van der Waals surface area (Å²) in [5.41, 5.74) is 0.451. The van der Waals surface area contributed by atoms with E-state index in [1.54, 1.807) is 6.92 Å². The van der Waals surface area contributed by atoms with Crippen LogP contribution in [0.1, 0.15) is 5.56 Å². The molecule has 3 nitrogen and oxygen atoms in total. The van der Waals surface area contributed by atoms with Crippen LogP contribution in [-0.2, 0) is 0 Å². The smallest absolute Gasteiger partial charge is 0.225 e. The summed E-state index contributed by atoms with van der Waals surface area (Å²) in [5.74, 6) is -0.513. The number of nitrogens with zero attached hydrogens (tertiary/aromatic N) is 2. The van der Waals surface area contributed by atoms with Crippen LogP contribution in [0.4, 0.5) is 8.78 Å². The van der Waals surface area contributed by atoms with Gasteiger partial charge in [-0.3, -0.25) is 0 Å². The third-order valence-corrected chi connectivity index (χ3v) is 1.96. The molecule has 0 fully saturated rings. The van der Waals surface area contributed by atoms with Gasteiger partial charge in [-0.15, -0.1) is 0 Å². The second kappa shape index (κ2) is 4.22. The largest absolute Gasteiger partial charge is 0.439 e. The van der Waals surface area contributed by atoms with Gasteiger partial charge < -0.3 is 4.74 Å². The molecule has 0 saturated carbocycles. The second-order valence-corrected chi connectivity index (χ2v) is 3.19. The molecule has 16 heavy (non-hydrogen) atoms. The van der Waals surface area contributed by atoms with Gasteiger partial charge in [0, 0.05) is 0 Å². The van der Waals surface area contributed by atoms with Crippen molar-refractivity contribution < 1.29 is 13.5 Å². The van der Waals surface area contributed by atoms with Crippen LogP contribution in [0, 0.1) is 18.7 Å². The van der Waals surface area contributed by atoms with E-state index in [9.17, 15) is 8.78 Å². The molecule has 0 atom stereocenters. The van der Waals surface area contributed by atoms with Crippen molar-refractivity contribution in [2.45, 2.75) is 6.92 Å². The Morgan fingerprint density at radius 1 is 1.12 bits per heavy atom. The summed E-state index contributed by atoms with van der Waals surface area (Å²) in [6.07, 6.45) is 1.06. The molecular weight excluding hydrogens is 214 g/mol. The average molecular weight is 222 g/mol. The first-order valence-corrected chi connectivity index (χ1v) is 4.57. The molecule has 0 spiro atoms. The van der Waals surface area contributed by atoms with Crippen LogP contribution in [0.25, 0.3) is 0 Å². The van der Waals surface area contributed by atoms with Gasteiger partial charge in [0.25, 0.3) is 0 Å². The number of benzene rings is 1. The summed E-state index contributed by atoms with van der Waals surface area (Å²) in [5, 5.41) is 0. The molecule has 1 aromatic carbocycles. The van der Waals surface area contributed by atoms with E-state index in [2.05, 4.69) is 9.97 Å². The number of halogens is 2. The standard InChI is InChI=1S/C11H8F2N2O/c1-7-4-8(2-3-9(7)12)16-11-5-10(13)14-6-15-11/h2-6H,1H3. The maximum atomic E-state index is 13.0. The van der Waals surface area contributed by atoms with Crippen LogP contribution >= 0.6 is 0 Å². The Morgan fingerprint density at radius 3 is 2.62 bits per heavy atom. The van der Waals surface area contributed by atoms with E-state index in [0.29, 0.717) is 11.3 Å². The maximum absolute atomic E-state index is 13.0. The van der Waals surface area contributed by atoms with E-state index in [1.807, 2.05) is 0 Å². The van der Waals surface area contributed by atoms with E-state index in [-0.39, 0.29) is 11.7 Å². The lowest BCUT2D eigenvalue weighted by Gasteiger charge is -2.05. The number of aryl methyl sites for hydroxylation is 1. The summed E-state index contributed by atoms with van der Waals surface area (Å²) < 4.78 is 30.9. The van der Waals surface area contributed by atoms with Crippen molar-refractivity contribution in [2.24, 2.45) is 0 Å². The maximum Gasteiger partial charge on any atom is 0.225 e.